The van der Waals surface area contributed by atoms with Crippen molar-refractivity contribution >= 4 is 17.3 Å². The molecule has 3 heterocycles. The van der Waals surface area contributed by atoms with Gasteiger partial charge in [-0.2, -0.15) is 9.61 Å². The van der Waals surface area contributed by atoms with Crippen molar-refractivity contribution in [3.8, 4) is 0 Å². The number of nitrogens with one attached hydrogen (secondary N) is 1. The average molecular weight is 259 g/mol. The van der Waals surface area contributed by atoms with E-state index in [1.165, 1.54) is 24.8 Å². The maximum absolute atomic E-state index is 4.82. The van der Waals surface area contributed by atoms with Gasteiger partial charge in [-0.15, -0.1) is 0 Å². The van der Waals surface area contributed by atoms with Gasteiger partial charge in [0.25, 0.3) is 0 Å². The minimum absolute atomic E-state index is 0.961. The van der Waals surface area contributed by atoms with E-state index in [0.717, 1.165) is 36.8 Å². The predicted octanol–water partition coefficient (Wildman–Crippen LogP) is 2.32. The highest BCUT2D eigenvalue weighted by Gasteiger charge is 2.16. The summed E-state index contributed by atoms with van der Waals surface area (Å²) in [6.45, 7) is 4.37. The van der Waals surface area contributed by atoms with Gasteiger partial charge >= 0.3 is 0 Å². The molecule has 19 heavy (non-hydrogen) atoms. The molecule has 1 aliphatic heterocycles. The maximum Gasteiger partial charge on any atom is 0.162 e. The van der Waals surface area contributed by atoms with Crippen LogP contribution in [0.1, 0.15) is 31.7 Å². The second-order valence-corrected chi connectivity index (χ2v) is 5.06. The zero-order valence-electron chi connectivity index (χ0n) is 11.7. The molecular weight excluding hydrogens is 238 g/mol. The highest BCUT2D eigenvalue weighted by molar-refractivity contribution is 5.60. The molecule has 1 aliphatic rings. The highest BCUT2D eigenvalue weighted by atomic mass is 15.3. The number of anilines is 2. The monoisotopic (exact) mass is 259 g/mol. The number of fused-ring (bicyclic) bond motifs is 1. The smallest absolute Gasteiger partial charge is 0.162 e. The molecule has 1 N–H and O–H groups in total. The number of hydrogen-bond acceptors (Lipinski definition) is 4. The molecule has 0 atom stereocenters. The molecule has 3 rings (SSSR count). The van der Waals surface area contributed by atoms with Crippen LogP contribution in [-0.2, 0) is 6.42 Å². The first-order valence-corrected chi connectivity index (χ1v) is 7.14. The van der Waals surface area contributed by atoms with Crippen molar-refractivity contribution in [3.63, 3.8) is 0 Å². The van der Waals surface area contributed by atoms with E-state index in [1.807, 2.05) is 17.8 Å². The summed E-state index contributed by atoms with van der Waals surface area (Å²) >= 11 is 0. The molecule has 1 saturated heterocycles. The Kier molecular flexibility index (Phi) is 3.27. The summed E-state index contributed by atoms with van der Waals surface area (Å²) in [5, 5.41) is 7.64. The lowest BCUT2D eigenvalue weighted by Gasteiger charge is -2.28. The zero-order chi connectivity index (χ0) is 13.2. The third-order valence-corrected chi connectivity index (χ3v) is 3.85. The van der Waals surface area contributed by atoms with Crippen LogP contribution in [0.5, 0.6) is 0 Å². The average Bonchev–Trinajstić information content (AvgIpc) is 2.90. The first kappa shape index (κ1) is 12.3. The summed E-state index contributed by atoms with van der Waals surface area (Å²) in [6, 6.07) is 2.10. The Morgan fingerprint density at radius 2 is 2.05 bits per heavy atom. The topological polar surface area (TPSA) is 45.5 Å². The minimum Gasteiger partial charge on any atom is -0.373 e. The summed E-state index contributed by atoms with van der Waals surface area (Å²) in [4.78, 5) is 7.21. The van der Waals surface area contributed by atoms with Gasteiger partial charge in [0, 0.05) is 31.8 Å². The second-order valence-electron chi connectivity index (χ2n) is 5.06. The molecule has 1 fully saturated rings. The Balaban J connectivity index is 2.08. The SMILES string of the molecule is CCc1cnn2c(NC)cc(N3CCCCC3)nc12. The molecule has 0 radical (unpaired) electrons. The summed E-state index contributed by atoms with van der Waals surface area (Å²) in [6.07, 6.45) is 6.75. The van der Waals surface area contributed by atoms with Crippen molar-refractivity contribution in [2.75, 3.05) is 30.4 Å². The van der Waals surface area contributed by atoms with Gasteiger partial charge < -0.3 is 10.2 Å². The third kappa shape index (κ3) is 2.13. The molecule has 0 spiro atoms. The third-order valence-electron chi connectivity index (χ3n) is 3.85. The van der Waals surface area contributed by atoms with Crippen molar-refractivity contribution in [2.45, 2.75) is 32.6 Å². The fourth-order valence-corrected chi connectivity index (χ4v) is 2.71. The molecule has 0 amide bonds. The lowest BCUT2D eigenvalue weighted by molar-refractivity contribution is 0.573. The Morgan fingerprint density at radius 1 is 1.26 bits per heavy atom. The van der Waals surface area contributed by atoms with Crippen LogP contribution in [0.25, 0.3) is 5.65 Å². The van der Waals surface area contributed by atoms with E-state index < -0.39 is 0 Å². The number of piperidine rings is 1. The summed E-state index contributed by atoms with van der Waals surface area (Å²) in [7, 11) is 1.93. The zero-order valence-corrected chi connectivity index (χ0v) is 11.7. The molecule has 0 aliphatic carbocycles. The maximum atomic E-state index is 4.82. The van der Waals surface area contributed by atoms with Crippen LogP contribution in [0.15, 0.2) is 12.3 Å². The van der Waals surface area contributed by atoms with Gasteiger partial charge in [0.2, 0.25) is 0 Å². The molecule has 5 nitrogen and oxygen atoms in total. The van der Waals surface area contributed by atoms with Crippen LogP contribution in [0.3, 0.4) is 0 Å². The first-order valence-electron chi connectivity index (χ1n) is 7.14. The van der Waals surface area contributed by atoms with Gasteiger partial charge in [-0.05, 0) is 25.7 Å². The van der Waals surface area contributed by atoms with E-state index in [4.69, 9.17) is 4.98 Å². The van der Waals surface area contributed by atoms with Crippen molar-refractivity contribution < 1.29 is 0 Å². The quantitative estimate of drug-likeness (QED) is 0.919. The number of rotatable bonds is 3. The van der Waals surface area contributed by atoms with Crippen LogP contribution in [0.2, 0.25) is 0 Å². The van der Waals surface area contributed by atoms with Crippen LogP contribution in [0, 0.1) is 0 Å². The van der Waals surface area contributed by atoms with Crippen LogP contribution in [0.4, 0.5) is 11.6 Å². The predicted molar refractivity (Wildman–Crippen MR) is 78.0 cm³/mol. The summed E-state index contributed by atoms with van der Waals surface area (Å²) in [5.74, 6) is 2.08. The molecular formula is C14H21N5. The molecule has 0 bridgehead atoms. The van der Waals surface area contributed by atoms with E-state index >= 15 is 0 Å². The normalized spacial score (nSPS) is 16.0. The van der Waals surface area contributed by atoms with Gasteiger partial charge in [-0.25, -0.2) is 4.98 Å². The lowest BCUT2D eigenvalue weighted by atomic mass is 10.1. The number of nitrogens with zero attached hydrogens (tertiary/aromatic N) is 4. The Bertz CT molecular complexity index is 568. The molecule has 0 saturated carbocycles. The van der Waals surface area contributed by atoms with E-state index in [0.29, 0.717) is 0 Å². The molecule has 2 aromatic heterocycles. The van der Waals surface area contributed by atoms with E-state index in [-0.39, 0.29) is 0 Å². The standard InChI is InChI=1S/C14H21N5/c1-3-11-10-16-19-12(15-2)9-13(17-14(11)19)18-7-5-4-6-8-18/h9-10,15H,3-8H2,1-2H3. The highest BCUT2D eigenvalue weighted by Crippen LogP contribution is 2.24. The van der Waals surface area contributed by atoms with Gasteiger partial charge in [-0.1, -0.05) is 6.92 Å². The molecule has 2 aromatic rings. The van der Waals surface area contributed by atoms with Crippen LogP contribution < -0.4 is 10.2 Å². The van der Waals surface area contributed by atoms with Crippen molar-refractivity contribution in [2.24, 2.45) is 0 Å². The number of aryl methyl sites for hydroxylation is 1. The van der Waals surface area contributed by atoms with Gasteiger partial charge in [0.15, 0.2) is 5.65 Å². The second kappa shape index (κ2) is 5.07. The van der Waals surface area contributed by atoms with Crippen molar-refractivity contribution in [1.29, 1.82) is 0 Å². The van der Waals surface area contributed by atoms with Gasteiger partial charge in [0.1, 0.15) is 11.6 Å². The fraction of sp³-hybridized carbons (Fsp3) is 0.571. The van der Waals surface area contributed by atoms with E-state index in [2.05, 4.69) is 28.3 Å². The summed E-state index contributed by atoms with van der Waals surface area (Å²) in [5.41, 5.74) is 2.19. The molecule has 102 valence electrons. The Labute approximate surface area is 113 Å². The molecule has 0 unspecified atom stereocenters. The summed E-state index contributed by atoms with van der Waals surface area (Å²) < 4.78 is 1.90. The van der Waals surface area contributed by atoms with E-state index in [9.17, 15) is 0 Å². The van der Waals surface area contributed by atoms with Crippen LogP contribution in [-0.4, -0.2) is 34.7 Å². The Morgan fingerprint density at radius 3 is 2.74 bits per heavy atom. The Hall–Kier alpha value is -1.78. The fourth-order valence-electron chi connectivity index (χ4n) is 2.71. The van der Waals surface area contributed by atoms with Crippen molar-refractivity contribution in [3.05, 3.63) is 17.8 Å². The van der Waals surface area contributed by atoms with E-state index in [1.54, 1.807) is 0 Å². The molecule has 5 heteroatoms. The number of aromatic nitrogens is 3. The first-order chi connectivity index (χ1) is 9.33. The molecule has 0 aromatic carbocycles. The van der Waals surface area contributed by atoms with Gasteiger partial charge in [0.05, 0.1) is 6.20 Å². The van der Waals surface area contributed by atoms with Gasteiger partial charge in [-0.3, -0.25) is 0 Å². The lowest BCUT2D eigenvalue weighted by Crippen LogP contribution is -2.30. The largest absolute Gasteiger partial charge is 0.373 e. The number of hydrogen-bond donors (Lipinski definition) is 1. The van der Waals surface area contributed by atoms with Crippen LogP contribution >= 0.6 is 0 Å². The minimum atomic E-state index is 0.961. The van der Waals surface area contributed by atoms with Crippen molar-refractivity contribution in [1.82, 2.24) is 14.6 Å².